The Bertz CT molecular complexity index is 619. The summed E-state index contributed by atoms with van der Waals surface area (Å²) in [6.07, 6.45) is 0.412. The van der Waals surface area contributed by atoms with Gasteiger partial charge in [-0.3, -0.25) is 9.48 Å². The third-order valence-electron chi connectivity index (χ3n) is 3.35. The monoisotopic (exact) mass is 305 g/mol. The summed E-state index contributed by atoms with van der Waals surface area (Å²) in [5.41, 5.74) is 3.08. The fraction of sp³-hybridized carbons (Fsp3) is 0.375. The molecule has 0 aliphatic rings. The molecular weight excluding hydrogens is 286 g/mol. The van der Waals surface area contributed by atoms with Gasteiger partial charge in [0.25, 0.3) is 0 Å². The van der Waals surface area contributed by atoms with Crippen molar-refractivity contribution in [3.05, 3.63) is 52.3 Å². The fourth-order valence-electron chi connectivity index (χ4n) is 2.32. The van der Waals surface area contributed by atoms with E-state index in [2.05, 4.69) is 10.4 Å². The van der Waals surface area contributed by atoms with Crippen molar-refractivity contribution in [2.75, 3.05) is 0 Å². The highest BCUT2D eigenvalue weighted by atomic mass is 35.5. The van der Waals surface area contributed by atoms with Gasteiger partial charge in [-0.2, -0.15) is 5.10 Å². The Kier molecular flexibility index (Phi) is 5.02. The van der Waals surface area contributed by atoms with Gasteiger partial charge in [0.1, 0.15) is 0 Å². The number of carbonyl (C=O) groups excluding carboxylic acids is 1. The van der Waals surface area contributed by atoms with E-state index in [-0.39, 0.29) is 11.9 Å². The Hall–Kier alpha value is -1.81. The van der Waals surface area contributed by atoms with Crippen LogP contribution in [-0.4, -0.2) is 15.7 Å². The van der Waals surface area contributed by atoms with E-state index >= 15 is 0 Å². The highest BCUT2D eigenvalue weighted by Gasteiger charge is 2.13. The van der Waals surface area contributed by atoms with Crippen molar-refractivity contribution in [3.63, 3.8) is 0 Å². The van der Waals surface area contributed by atoms with Gasteiger partial charge in [0, 0.05) is 23.7 Å². The molecule has 0 aliphatic heterocycles. The van der Waals surface area contributed by atoms with Gasteiger partial charge in [0.15, 0.2) is 0 Å². The fourth-order valence-corrected chi connectivity index (χ4v) is 2.45. The molecule has 0 radical (unpaired) electrons. The first-order valence-electron chi connectivity index (χ1n) is 6.99. The molecule has 1 N–H and O–H groups in total. The molecule has 0 spiro atoms. The number of aromatic nitrogens is 2. The van der Waals surface area contributed by atoms with E-state index in [0.717, 1.165) is 17.0 Å². The maximum absolute atomic E-state index is 12.0. The topological polar surface area (TPSA) is 46.9 Å². The maximum atomic E-state index is 12.0. The molecule has 1 aromatic carbocycles. The molecule has 0 saturated carbocycles. The Morgan fingerprint density at radius 3 is 2.57 bits per heavy atom. The third kappa shape index (κ3) is 4.33. The van der Waals surface area contributed by atoms with Gasteiger partial charge in [-0.25, -0.2) is 0 Å². The lowest BCUT2D eigenvalue weighted by Gasteiger charge is -2.14. The van der Waals surface area contributed by atoms with Gasteiger partial charge in [-0.05, 0) is 44.5 Å². The van der Waals surface area contributed by atoms with Gasteiger partial charge < -0.3 is 5.32 Å². The smallest absolute Gasteiger partial charge is 0.222 e. The first kappa shape index (κ1) is 15.6. The van der Waals surface area contributed by atoms with Crippen molar-refractivity contribution in [2.45, 2.75) is 39.8 Å². The van der Waals surface area contributed by atoms with Gasteiger partial charge in [0.05, 0.1) is 11.7 Å². The van der Waals surface area contributed by atoms with Crippen LogP contribution < -0.4 is 5.32 Å². The molecule has 0 bridgehead atoms. The van der Waals surface area contributed by atoms with Gasteiger partial charge in [-0.1, -0.05) is 23.7 Å². The van der Waals surface area contributed by atoms with Crippen molar-refractivity contribution in [2.24, 2.45) is 0 Å². The zero-order valence-electron chi connectivity index (χ0n) is 12.6. The lowest BCUT2D eigenvalue weighted by Crippen LogP contribution is -2.26. The molecule has 112 valence electrons. The number of benzene rings is 1. The molecule has 4 nitrogen and oxygen atoms in total. The Morgan fingerprint density at radius 1 is 1.33 bits per heavy atom. The van der Waals surface area contributed by atoms with E-state index in [1.165, 1.54) is 0 Å². The minimum atomic E-state index is 0.0185. The zero-order chi connectivity index (χ0) is 15.4. The largest absolute Gasteiger partial charge is 0.352 e. The predicted octanol–water partition coefficient (Wildman–Crippen LogP) is 3.42. The predicted molar refractivity (Wildman–Crippen MR) is 84.3 cm³/mol. The standard InChI is InChI=1S/C16H20ClN3O/c1-11-8-12(2)20(19-11)13(3)9-16(21)18-10-14-4-6-15(17)7-5-14/h4-8,13H,9-10H2,1-3H3,(H,18,21)/t13-/m1/s1. The quantitative estimate of drug-likeness (QED) is 0.920. The summed E-state index contributed by atoms with van der Waals surface area (Å²) in [5.74, 6) is 0.0185. The molecule has 21 heavy (non-hydrogen) atoms. The number of nitrogens with zero attached hydrogens (tertiary/aromatic N) is 2. The third-order valence-corrected chi connectivity index (χ3v) is 3.60. The summed E-state index contributed by atoms with van der Waals surface area (Å²) in [6.45, 7) is 6.47. The Morgan fingerprint density at radius 2 is 2.00 bits per heavy atom. The van der Waals surface area contributed by atoms with Gasteiger partial charge in [-0.15, -0.1) is 0 Å². The summed E-state index contributed by atoms with van der Waals surface area (Å²) >= 11 is 5.83. The molecule has 0 saturated heterocycles. The summed E-state index contributed by atoms with van der Waals surface area (Å²) in [4.78, 5) is 12.0. The molecule has 1 heterocycles. The zero-order valence-corrected chi connectivity index (χ0v) is 13.3. The second-order valence-corrected chi connectivity index (χ2v) is 5.76. The first-order chi connectivity index (χ1) is 9.95. The molecule has 0 fully saturated rings. The second-order valence-electron chi connectivity index (χ2n) is 5.33. The van der Waals surface area contributed by atoms with Crippen molar-refractivity contribution >= 4 is 17.5 Å². The highest BCUT2D eigenvalue weighted by Crippen LogP contribution is 2.14. The first-order valence-corrected chi connectivity index (χ1v) is 7.37. The SMILES string of the molecule is Cc1cc(C)n([C@H](C)CC(=O)NCc2ccc(Cl)cc2)n1. The average Bonchev–Trinajstić information content (AvgIpc) is 2.77. The molecule has 1 amide bonds. The van der Waals surface area contributed by atoms with Crippen molar-refractivity contribution in [3.8, 4) is 0 Å². The summed E-state index contributed by atoms with van der Waals surface area (Å²) in [6, 6.07) is 9.52. The van der Waals surface area contributed by atoms with E-state index in [0.29, 0.717) is 18.0 Å². The number of carbonyl (C=O) groups is 1. The maximum Gasteiger partial charge on any atom is 0.222 e. The normalized spacial score (nSPS) is 12.2. The molecule has 1 aromatic heterocycles. The molecule has 5 heteroatoms. The van der Waals surface area contributed by atoms with Crippen LogP contribution >= 0.6 is 11.6 Å². The number of hydrogen-bond acceptors (Lipinski definition) is 2. The van der Waals surface area contributed by atoms with Gasteiger partial charge in [0.2, 0.25) is 5.91 Å². The van der Waals surface area contributed by atoms with E-state index in [9.17, 15) is 4.79 Å². The van der Waals surface area contributed by atoms with Crippen LogP contribution in [0.15, 0.2) is 30.3 Å². The summed E-state index contributed by atoms with van der Waals surface area (Å²) < 4.78 is 1.90. The molecule has 1 atom stereocenters. The van der Waals surface area contributed by atoms with Crippen LogP contribution in [0.5, 0.6) is 0 Å². The van der Waals surface area contributed by atoms with Crippen molar-refractivity contribution in [1.29, 1.82) is 0 Å². The van der Waals surface area contributed by atoms with Crippen molar-refractivity contribution in [1.82, 2.24) is 15.1 Å². The van der Waals surface area contributed by atoms with Crippen LogP contribution in [0.25, 0.3) is 0 Å². The number of aryl methyl sites for hydroxylation is 2. The summed E-state index contributed by atoms with van der Waals surface area (Å²) in [5, 5.41) is 8.03. The number of nitrogens with one attached hydrogen (secondary N) is 1. The molecule has 2 rings (SSSR count). The van der Waals surface area contributed by atoms with E-state index in [1.807, 2.05) is 55.8 Å². The number of halogens is 1. The molecule has 2 aromatic rings. The minimum absolute atomic E-state index is 0.0185. The van der Waals surface area contributed by atoms with E-state index in [4.69, 9.17) is 11.6 Å². The number of amides is 1. The second kappa shape index (κ2) is 6.76. The highest BCUT2D eigenvalue weighted by molar-refractivity contribution is 6.30. The minimum Gasteiger partial charge on any atom is -0.352 e. The van der Waals surface area contributed by atoms with Gasteiger partial charge >= 0.3 is 0 Å². The van der Waals surface area contributed by atoms with Crippen LogP contribution in [0.2, 0.25) is 5.02 Å². The van der Waals surface area contributed by atoms with Crippen LogP contribution in [0, 0.1) is 13.8 Å². The van der Waals surface area contributed by atoms with E-state index in [1.54, 1.807) is 0 Å². The molecule has 0 aliphatic carbocycles. The lowest BCUT2D eigenvalue weighted by atomic mass is 10.2. The molecular formula is C16H20ClN3O. The number of rotatable bonds is 5. The van der Waals surface area contributed by atoms with Crippen molar-refractivity contribution < 1.29 is 4.79 Å². The van der Waals surface area contributed by atoms with Crippen LogP contribution in [0.4, 0.5) is 0 Å². The Labute approximate surface area is 130 Å². The van der Waals surface area contributed by atoms with E-state index < -0.39 is 0 Å². The lowest BCUT2D eigenvalue weighted by molar-refractivity contribution is -0.122. The number of hydrogen-bond donors (Lipinski definition) is 1. The van der Waals surface area contributed by atoms with Crippen LogP contribution in [-0.2, 0) is 11.3 Å². The van der Waals surface area contributed by atoms with Crippen LogP contribution in [0.1, 0.15) is 36.3 Å². The average molecular weight is 306 g/mol. The Balaban J connectivity index is 1.87. The summed E-state index contributed by atoms with van der Waals surface area (Å²) in [7, 11) is 0. The van der Waals surface area contributed by atoms with Crippen LogP contribution in [0.3, 0.4) is 0 Å². The molecule has 0 unspecified atom stereocenters.